The first kappa shape index (κ1) is 23.9. The molecular formula is C27H33N3O4S. The van der Waals surface area contributed by atoms with E-state index in [9.17, 15) is 13.2 Å². The predicted octanol–water partition coefficient (Wildman–Crippen LogP) is 4.04. The zero-order valence-corrected chi connectivity index (χ0v) is 21.2. The van der Waals surface area contributed by atoms with Crippen molar-refractivity contribution in [3.05, 3.63) is 59.7 Å². The number of piperidine rings is 2. The average molecular weight is 496 g/mol. The van der Waals surface area contributed by atoms with Gasteiger partial charge < -0.3 is 14.5 Å². The Morgan fingerprint density at radius 1 is 0.943 bits per heavy atom. The maximum Gasteiger partial charge on any atom is 0.285 e. The number of fused-ring (bicyclic) bond motifs is 1. The second-order valence-corrected chi connectivity index (χ2v) is 11.6. The van der Waals surface area contributed by atoms with Crippen LogP contribution in [0, 0.1) is 5.92 Å². The Morgan fingerprint density at radius 2 is 1.60 bits per heavy atom. The molecule has 0 saturated carbocycles. The van der Waals surface area contributed by atoms with E-state index in [0.29, 0.717) is 56.3 Å². The quantitative estimate of drug-likeness (QED) is 0.640. The van der Waals surface area contributed by atoms with E-state index < -0.39 is 10.0 Å². The maximum atomic E-state index is 13.2. The van der Waals surface area contributed by atoms with Crippen molar-refractivity contribution >= 4 is 21.8 Å². The third-order valence-electron chi connectivity index (χ3n) is 7.36. The Morgan fingerprint density at radius 3 is 2.26 bits per heavy atom. The highest BCUT2D eigenvalue weighted by Gasteiger charge is 2.36. The molecule has 8 heteroatoms. The number of sulfonamides is 1. The van der Waals surface area contributed by atoms with E-state index in [-0.39, 0.29) is 22.8 Å². The number of carbonyl (C=O) groups excluding carboxylic acids is 1. The molecule has 3 aliphatic rings. The Balaban J connectivity index is 1.12. The van der Waals surface area contributed by atoms with Gasteiger partial charge in [-0.3, -0.25) is 4.79 Å². The van der Waals surface area contributed by atoms with Gasteiger partial charge >= 0.3 is 0 Å². The van der Waals surface area contributed by atoms with Crippen molar-refractivity contribution in [2.75, 3.05) is 26.2 Å². The van der Waals surface area contributed by atoms with Crippen LogP contribution in [0.1, 0.15) is 56.6 Å². The van der Waals surface area contributed by atoms with Gasteiger partial charge in [-0.1, -0.05) is 38.1 Å². The molecule has 0 bridgehead atoms. The highest BCUT2D eigenvalue weighted by atomic mass is 32.2. The van der Waals surface area contributed by atoms with Gasteiger partial charge in [0, 0.05) is 50.5 Å². The van der Waals surface area contributed by atoms with Crippen molar-refractivity contribution in [3.63, 3.8) is 0 Å². The zero-order chi connectivity index (χ0) is 24.6. The van der Waals surface area contributed by atoms with Crippen LogP contribution in [0.2, 0.25) is 0 Å². The van der Waals surface area contributed by atoms with Gasteiger partial charge in [0.15, 0.2) is 5.84 Å². The third-order valence-corrected chi connectivity index (χ3v) is 8.68. The molecule has 3 heterocycles. The van der Waals surface area contributed by atoms with Crippen LogP contribution in [0.5, 0.6) is 5.75 Å². The molecule has 0 atom stereocenters. The summed E-state index contributed by atoms with van der Waals surface area (Å²) < 4.78 is 35.0. The third kappa shape index (κ3) is 4.94. The van der Waals surface area contributed by atoms with E-state index >= 15 is 0 Å². The highest BCUT2D eigenvalue weighted by Crippen LogP contribution is 2.31. The molecule has 2 aromatic rings. The summed E-state index contributed by atoms with van der Waals surface area (Å²) in [4.78, 5) is 17.5. The number of rotatable bonds is 4. The smallest absolute Gasteiger partial charge is 0.285 e. The fourth-order valence-electron chi connectivity index (χ4n) is 5.23. The molecule has 2 saturated heterocycles. The van der Waals surface area contributed by atoms with Crippen molar-refractivity contribution in [2.45, 2.75) is 56.4 Å². The van der Waals surface area contributed by atoms with Gasteiger partial charge in [0.2, 0.25) is 5.91 Å². The fraction of sp³-hybridized carbons (Fsp3) is 0.481. The summed E-state index contributed by atoms with van der Waals surface area (Å²) in [6.45, 7) is 7.05. The van der Waals surface area contributed by atoms with Gasteiger partial charge in [0.25, 0.3) is 10.0 Å². The van der Waals surface area contributed by atoms with Crippen LogP contribution in [-0.4, -0.2) is 62.2 Å². The molecule has 0 aliphatic carbocycles. The summed E-state index contributed by atoms with van der Waals surface area (Å²) in [6.07, 6.45) is 3.22. The van der Waals surface area contributed by atoms with Gasteiger partial charge in [0.05, 0.1) is 0 Å². The van der Waals surface area contributed by atoms with Gasteiger partial charge in [-0.2, -0.15) is 8.42 Å². The number of nitrogens with zero attached hydrogens (tertiary/aromatic N) is 3. The largest absolute Gasteiger partial charge is 0.490 e. The lowest BCUT2D eigenvalue weighted by Crippen LogP contribution is -2.47. The van der Waals surface area contributed by atoms with Crippen LogP contribution in [0.15, 0.2) is 57.8 Å². The summed E-state index contributed by atoms with van der Waals surface area (Å²) in [5, 5.41) is 0. The number of hydrogen-bond donors (Lipinski definition) is 0. The number of carbonyl (C=O) groups is 1. The second kappa shape index (κ2) is 9.64. The first-order valence-corrected chi connectivity index (χ1v) is 14.0. The number of ether oxygens (including phenoxy) is 1. The summed E-state index contributed by atoms with van der Waals surface area (Å²) in [6, 6.07) is 15.3. The summed E-state index contributed by atoms with van der Waals surface area (Å²) in [7, 11) is -3.63. The van der Waals surface area contributed by atoms with Gasteiger partial charge in [-0.15, -0.1) is 4.40 Å². The Bertz CT molecular complexity index is 1210. The lowest BCUT2D eigenvalue weighted by molar-refractivity contribution is -0.138. The molecule has 1 amide bonds. The standard InChI is InChI=1S/C27H33N3O4S/c1-19(2)20-7-9-22(10-8-20)34-23-13-17-30(18-14-23)27(31)21-11-15-29(16-12-21)26-24-5-3-4-6-25(24)35(32,33)28-26/h3-10,19,21,23H,11-18H2,1-2H3. The van der Waals surface area contributed by atoms with Crippen LogP contribution >= 0.6 is 0 Å². The van der Waals surface area contributed by atoms with E-state index in [1.54, 1.807) is 18.2 Å². The average Bonchev–Trinajstić information content (AvgIpc) is 3.15. The number of amides is 1. The second-order valence-electron chi connectivity index (χ2n) is 10.0. The highest BCUT2D eigenvalue weighted by molar-refractivity contribution is 7.90. The monoisotopic (exact) mass is 495 g/mol. The van der Waals surface area contributed by atoms with Crippen LogP contribution in [0.25, 0.3) is 0 Å². The molecule has 186 valence electrons. The molecule has 0 aromatic heterocycles. The van der Waals surface area contributed by atoms with Crippen molar-refractivity contribution in [3.8, 4) is 5.75 Å². The molecule has 2 fully saturated rings. The maximum absolute atomic E-state index is 13.2. The van der Waals surface area contributed by atoms with E-state index in [1.165, 1.54) is 5.56 Å². The van der Waals surface area contributed by atoms with Crippen molar-refractivity contribution < 1.29 is 17.9 Å². The SMILES string of the molecule is CC(C)c1ccc(OC2CCN(C(=O)C3CCN(C4=NS(=O)(=O)c5ccccc54)CC3)CC2)cc1. The van der Waals surface area contributed by atoms with Gasteiger partial charge in [-0.05, 0) is 48.6 Å². The predicted molar refractivity (Wildman–Crippen MR) is 135 cm³/mol. The number of likely N-dealkylation sites (tertiary alicyclic amines) is 2. The summed E-state index contributed by atoms with van der Waals surface area (Å²) in [5.74, 6) is 2.10. The topological polar surface area (TPSA) is 79.3 Å². The molecule has 0 unspecified atom stereocenters. The molecule has 35 heavy (non-hydrogen) atoms. The lowest BCUT2D eigenvalue weighted by Gasteiger charge is -2.37. The zero-order valence-electron chi connectivity index (χ0n) is 20.4. The molecular weight excluding hydrogens is 462 g/mol. The molecule has 3 aliphatic heterocycles. The molecule has 0 spiro atoms. The summed E-state index contributed by atoms with van der Waals surface area (Å²) in [5.41, 5.74) is 1.97. The van der Waals surface area contributed by atoms with E-state index in [0.717, 1.165) is 18.6 Å². The van der Waals surface area contributed by atoms with Crippen LogP contribution in [-0.2, 0) is 14.8 Å². The van der Waals surface area contributed by atoms with Crippen molar-refractivity contribution in [1.82, 2.24) is 9.80 Å². The number of benzene rings is 2. The molecule has 0 radical (unpaired) electrons. The van der Waals surface area contributed by atoms with Crippen molar-refractivity contribution in [1.29, 1.82) is 0 Å². The lowest BCUT2D eigenvalue weighted by atomic mass is 9.93. The molecule has 0 N–H and O–H groups in total. The molecule has 5 rings (SSSR count). The number of hydrogen-bond acceptors (Lipinski definition) is 5. The van der Waals surface area contributed by atoms with Crippen LogP contribution < -0.4 is 4.74 Å². The van der Waals surface area contributed by atoms with Crippen molar-refractivity contribution in [2.24, 2.45) is 10.3 Å². The normalized spacial score (nSPS) is 20.6. The minimum Gasteiger partial charge on any atom is -0.490 e. The minimum atomic E-state index is -3.63. The van der Waals surface area contributed by atoms with E-state index in [2.05, 4.69) is 30.4 Å². The summed E-state index contributed by atoms with van der Waals surface area (Å²) >= 11 is 0. The van der Waals surface area contributed by atoms with E-state index in [4.69, 9.17) is 4.74 Å². The minimum absolute atomic E-state index is 0.0267. The fourth-order valence-corrected chi connectivity index (χ4v) is 6.46. The first-order valence-electron chi connectivity index (χ1n) is 12.6. The van der Waals surface area contributed by atoms with E-state index in [1.807, 2.05) is 28.0 Å². The molecule has 2 aromatic carbocycles. The molecule has 7 nitrogen and oxygen atoms in total. The Hall–Kier alpha value is -2.87. The Kier molecular flexibility index (Phi) is 6.57. The van der Waals surface area contributed by atoms with Crippen LogP contribution in [0.4, 0.5) is 0 Å². The first-order chi connectivity index (χ1) is 16.8. The Labute approximate surface area is 207 Å². The van der Waals surface area contributed by atoms with Gasteiger partial charge in [0.1, 0.15) is 16.7 Å². The number of amidine groups is 1. The van der Waals surface area contributed by atoms with Crippen LogP contribution in [0.3, 0.4) is 0 Å². The van der Waals surface area contributed by atoms with Gasteiger partial charge in [-0.25, -0.2) is 0 Å².